The van der Waals surface area contributed by atoms with E-state index in [4.69, 9.17) is 0 Å². The van der Waals surface area contributed by atoms with Gasteiger partial charge in [-0.2, -0.15) is 0 Å². The zero-order chi connectivity index (χ0) is 15.1. The van der Waals surface area contributed by atoms with Gasteiger partial charge in [0.15, 0.2) is 0 Å². The van der Waals surface area contributed by atoms with Gasteiger partial charge in [0.25, 0.3) is 0 Å². The van der Waals surface area contributed by atoms with E-state index in [1.54, 1.807) is 12.5 Å². The molecule has 2 N–H and O–H groups in total. The number of nitrogens with zero attached hydrogens (tertiary/aromatic N) is 3. The number of aromatic nitrogens is 4. The fourth-order valence-corrected chi connectivity index (χ4v) is 2.41. The van der Waals surface area contributed by atoms with Crippen molar-refractivity contribution in [3.63, 3.8) is 0 Å². The lowest BCUT2D eigenvalue weighted by atomic mass is 10.2. The molecule has 22 heavy (non-hydrogen) atoms. The number of rotatable bonds is 3. The Morgan fingerprint density at radius 1 is 1.23 bits per heavy atom. The van der Waals surface area contributed by atoms with Crippen molar-refractivity contribution in [1.29, 1.82) is 0 Å². The lowest BCUT2D eigenvalue weighted by molar-refractivity contribution is -0.117. The summed E-state index contributed by atoms with van der Waals surface area (Å²) in [6.45, 7) is 1.93. The Labute approximate surface area is 127 Å². The maximum absolute atomic E-state index is 11.8. The molecule has 3 heterocycles. The number of hydrogen-bond donors (Lipinski definition) is 2. The maximum Gasteiger partial charge on any atom is 0.228 e. The molecule has 6 nitrogen and oxygen atoms in total. The number of aryl methyl sites for hydroxylation is 1. The van der Waals surface area contributed by atoms with Gasteiger partial charge in [-0.1, -0.05) is 0 Å². The Morgan fingerprint density at radius 2 is 2.09 bits per heavy atom. The highest BCUT2D eigenvalue weighted by Gasteiger charge is 2.29. The van der Waals surface area contributed by atoms with E-state index in [1.165, 1.54) is 0 Å². The number of carbonyl (C=O) groups excluding carboxylic acids is 1. The first-order chi connectivity index (χ1) is 10.7. The lowest BCUT2D eigenvalue weighted by Crippen LogP contribution is -2.14. The van der Waals surface area contributed by atoms with Gasteiger partial charge in [0.1, 0.15) is 12.1 Å². The third-order valence-electron chi connectivity index (χ3n) is 3.78. The predicted octanol–water partition coefficient (Wildman–Crippen LogP) is 2.68. The second-order valence-corrected chi connectivity index (χ2v) is 5.65. The number of amides is 1. The van der Waals surface area contributed by atoms with Crippen molar-refractivity contribution in [2.24, 2.45) is 5.92 Å². The zero-order valence-electron chi connectivity index (χ0n) is 12.1. The second kappa shape index (κ2) is 4.91. The third-order valence-corrected chi connectivity index (χ3v) is 3.78. The van der Waals surface area contributed by atoms with Crippen LogP contribution in [0.4, 0.5) is 5.82 Å². The van der Waals surface area contributed by atoms with Gasteiger partial charge in [-0.25, -0.2) is 15.0 Å². The van der Waals surface area contributed by atoms with Crippen molar-refractivity contribution in [3.8, 4) is 11.4 Å². The first-order valence-electron chi connectivity index (χ1n) is 7.28. The second-order valence-electron chi connectivity index (χ2n) is 5.65. The Morgan fingerprint density at radius 3 is 2.86 bits per heavy atom. The number of fused-ring (bicyclic) bond motifs is 1. The normalized spacial score (nSPS) is 14.2. The Kier molecular flexibility index (Phi) is 2.89. The van der Waals surface area contributed by atoms with Gasteiger partial charge in [0.2, 0.25) is 5.91 Å². The minimum absolute atomic E-state index is 0.0602. The molecule has 4 rings (SSSR count). The topological polar surface area (TPSA) is 83.6 Å². The van der Waals surface area contributed by atoms with E-state index in [0.29, 0.717) is 5.82 Å². The summed E-state index contributed by atoms with van der Waals surface area (Å²) in [5, 5.41) is 3.84. The van der Waals surface area contributed by atoms with Crippen LogP contribution in [-0.4, -0.2) is 25.8 Å². The van der Waals surface area contributed by atoms with Crippen LogP contribution in [0, 0.1) is 12.8 Å². The van der Waals surface area contributed by atoms with E-state index in [-0.39, 0.29) is 11.8 Å². The first-order valence-corrected chi connectivity index (χ1v) is 7.28. The van der Waals surface area contributed by atoms with Gasteiger partial charge in [0.05, 0.1) is 16.9 Å². The summed E-state index contributed by atoms with van der Waals surface area (Å²) < 4.78 is 0. The van der Waals surface area contributed by atoms with Gasteiger partial charge in [0, 0.05) is 29.3 Å². The molecule has 0 radical (unpaired) electrons. The van der Waals surface area contributed by atoms with Crippen LogP contribution in [0.5, 0.6) is 0 Å². The van der Waals surface area contributed by atoms with Crippen LogP contribution < -0.4 is 5.32 Å². The molecule has 0 atom stereocenters. The molecule has 0 bridgehead atoms. The molecule has 1 aliphatic carbocycles. The molecule has 110 valence electrons. The van der Waals surface area contributed by atoms with Crippen LogP contribution >= 0.6 is 0 Å². The molecule has 3 aromatic rings. The van der Waals surface area contributed by atoms with Crippen molar-refractivity contribution in [2.75, 3.05) is 5.32 Å². The van der Waals surface area contributed by atoms with Crippen LogP contribution in [0.3, 0.4) is 0 Å². The molecular formula is C16H15N5O. The lowest BCUT2D eigenvalue weighted by Gasteiger charge is -2.02. The molecule has 0 aliphatic heterocycles. The van der Waals surface area contributed by atoms with Crippen LogP contribution in [-0.2, 0) is 4.79 Å². The largest absolute Gasteiger partial charge is 0.353 e. The van der Waals surface area contributed by atoms with E-state index >= 15 is 0 Å². The van der Waals surface area contributed by atoms with E-state index < -0.39 is 0 Å². The van der Waals surface area contributed by atoms with Crippen LogP contribution in [0.15, 0.2) is 30.7 Å². The number of nitrogens with one attached hydrogen (secondary N) is 2. The highest BCUT2D eigenvalue weighted by molar-refractivity contribution is 5.95. The number of anilines is 1. The summed E-state index contributed by atoms with van der Waals surface area (Å²) in [6.07, 6.45) is 5.27. The van der Waals surface area contributed by atoms with Crippen LogP contribution in [0.1, 0.15) is 18.5 Å². The molecule has 0 unspecified atom stereocenters. The van der Waals surface area contributed by atoms with Gasteiger partial charge in [-0.15, -0.1) is 0 Å². The Hall–Kier alpha value is -2.76. The van der Waals surface area contributed by atoms with E-state index in [2.05, 4.69) is 25.3 Å². The standard InChI is InChI=1S/C16H15N5O/c1-9-4-13(19-8-18-9)14-5-11-7-17-15(6-12(11)20-14)21-16(22)10-2-3-10/h4-8,10,20H,2-3H2,1H3,(H,17,21,22). The SMILES string of the molecule is Cc1cc(-c2cc3cnc(NC(=O)C4CC4)cc3[nH]2)ncn1. The minimum Gasteiger partial charge on any atom is -0.353 e. The minimum atomic E-state index is 0.0602. The monoisotopic (exact) mass is 293 g/mol. The number of aromatic amines is 1. The molecule has 1 saturated carbocycles. The molecule has 1 aliphatic rings. The molecule has 1 amide bonds. The average Bonchev–Trinajstić information content (AvgIpc) is 3.27. The van der Waals surface area contributed by atoms with Gasteiger partial charge < -0.3 is 10.3 Å². The molecule has 0 aromatic carbocycles. The molecular weight excluding hydrogens is 278 g/mol. The fraction of sp³-hybridized carbons (Fsp3) is 0.250. The van der Waals surface area contributed by atoms with Gasteiger partial charge in [-0.05, 0) is 31.9 Å². The number of carbonyl (C=O) groups is 1. The summed E-state index contributed by atoms with van der Waals surface area (Å²) >= 11 is 0. The van der Waals surface area contributed by atoms with E-state index in [9.17, 15) is 4.79 Å². The fourth-order valence-electron chi connectivity index (χ4n) is 2.41. The molecule has 3 aromatic heterocycles. The zero-order valence-corrected chi connectivity index (χ0v) is 12.1. The summed E-state index contributed by atoms with van der Waals surface area (Å²) in [6, 6.07) is 5.78. The Bertz CT molecular complexity index is 866. The van der Waals surface area contributed by atoms with E-state index in [1.807, 2.05) is 25.1 Å². The van der Waals surface area contributed by atoms with Crippen molar-refractivity contribution in [2.45, 2.75) is 19.8 Å². The molecule has 0 saturated heterocycles. The predicted molar refractivity (Wildman–Crippen MR) is 83.2 cm³/mol. The molecule has 1 fully saturated rings. The quantitative estimate of drug-likeness (QED) is 0.777. The average molecular weight is 293 g/mol. The van der Waals surface area contributed by atoms with Crippen molar-refractivity contribution >= 4 is 22.6 Å². The van der Waals surface area contributed by atoms with Crippen molar-refractivity contribution in [1.82, 2.24) is 19.9 Å². The van der Waals surface area contributed by atoms with Crippen LogP contribution in [0.25, 0.3) is 22.3 Å². The molecule has 0 spiro atoms. The van der Waals surface area contributed by atoms with Crippen LogP contribution in [0.2, 0.25) is 0 Å². The maximum atomic E-state index is 11.8. The van der Waals surface area contributed by atoms with E-state index in [0.717, 1.165) is 40.8 Å². The summed E-state index contributed by atoms with van der Waals surface area (Å²) in [5.74, 6) is 0.808. The smallest absolute Gasteiger partial charge is 0.228 e. The summed E-state index contributed by atoms with van der Waals surface area (Å²) in [5.41, 5.74) is 3.59. The van der Waals surface area contributed by atoms with Gasteiger partial charge >= 0.3 is 0 Å². The number of pyridine rings is 1. The van der Waals surface area contributed by atoms with Crippen molar-refractivity contribution < 1.29 is 4.79 Å². The van der Waals surface area contributed by atoms with Gasteiger partial charge in [-0.3, -0.25) is 4.79 Å². The summed E-state index contributed by atoms with van der Waals surface area (Å²) in [4.78, 5) is 27.8. The first kappa shape index (κ1) is 12.9. The molecule has 6 heteroatoms. The summed E-state index contributed by atoms with van der Waals surface area (Å²) in [7, 11) is 0. The highest BCUT2D eigenvalue weighted by Crippen LogP contribution is 2.30. The number of hydrogen-bond acceptors (Lipinski definition) is 4. The van der Waals surface area contributed by atoms with Crippen molar-refractivity contribution in [3.05, 3.63) is 36.4 Å². The third kappa shape index (κ3) is 2.43. The highest BCUT2D eigenvalue weighted by atomic mass is 16.2. The Balaban J connectivity index is 1.67. The number of H-pyrrole nitrogens is 1.